The summed E-state index contributed by atoms with van der Waals surface area (Å²) in [6.07, 6.45) is -24.4. The fourth-order valence-corrected chi connectivity index (χ4v) is 16.1. The van der Waals surface area contributed by atoms with E-state index in [0.29, 0.717) is 37.7 Å². The average molecular weight is 1140 g/mol. The quantitative estimate of drug-likeness (QED) is 0.0372. The summed E-state index contributed by atoms with van der Waals surface area (Å²) in [4.78, 5) is 54.0. The number of carbonyl (C=O) groups is 4. The van der Waals surface area contributed by atoms with Gasteiger partial charge in [-0.15, -0.1) is 0 Å². The molecule has 0 spiro atoms. The first-order valence-corrected chi connectivity index (χ1v) is 28.4. The molecule has 7 fully saturated rings. The molecule has 1 unspecified atom stereocenters. The maximum atomic E-state index is 13.9. The van der Waals surface area contributed by atoms with Crippen LogP contribution in [0.2, 0.25) is 0 Å². The maximum absolute atomic E-state index is 13.9. The minimum absolute atomic E-state index is 0.174. The first-order chi connectivity index (χ1) is 37.3. The number of carboxylic acid groups (broad SMARTS) is 1. The first kappa shape index (κ1) is 63.0. The van der Waals surface area contributed by atoms with Gasteiger partial charge in [-0.3, -0.25) is 4.79 Å². The van der Waals surface area contributed by atoms with Crippen LogP contribution in [0.4, 0.5) is 0 Å². The lowest BCUT2D eigenvalue weighted by Crippen LogP contribution is -2.76. The summed E-state index contributed by atoms with van der Waals surface area (Å²) in [7, 11) is 0. The minimum Gasteiger partial charge on any atom is -0.479 e. The number of hydrogen-bond acceptors (Lipinski definition) is 22. The molecule has 3 heterocycles. The highest BCUT2D eigenvalue weighted by Gasteiger charge is 2.77. The molecule has 0 bridgehead atoms. The third kappa shape index (κ3) is 9.75. The van der Waals surface area contributed by atoms with Crippen LogP contribution >= 0.6 is 0 Å². The van der Waals surface area contributed by atoms with E-state index in [9.17, 15) is 75.3 Å². The second kappa shape index (κ2) is 22.7. The number of rotatable bonds is 14. The molecule has 3 aliphatic heterocycles. The van der Waals surface area contributed by atoms with Gasteiger partial charge in [-0.2, -0.15) is 0 Å². The van der Waals surface area contributed by atoms with E-state index in [0.717, 1.165) is 11.9 Å². The normalized spacial score (nSPS) is 50.5. The van der Waals surface area contributed by atoms with Crippen LogP contribution in [0.1, 0.15) is 121 Å². The topological polar surface area (TPSA) is 365 Å². The van der Waals surface area contributed by atoms with Crippen molar-refractivity contribution < 1.29 is 113 Å². The Balaban J connectivity index is 1.06. The van der Waals surface area contributed by atoms with Gasteiger partial charge in [0.2, 0.25) is 0 Å². The third-order valence-corrected chi connectivity index (χ3v) is 21.5. The molecular weight excluding hydrogens is 1050 g/mol. The van der Waals surface area contributed by atoms with Crippen molar-refractivity contribution in [3.8, 4) is 0 Å². The van der Waals surface area contributed by atoms with Crippen LogP contribution in [0.5, 0.6) is 0 Å². The van der Waals surface area contributed by atoms with E-state index in [1.165, 1.54) is 6.92 Å². The van der Waals surface area contributed by atoms with Crippen LogP contribution in [0.3, 0.4) is 0 Å². The van der Waals surface area contributed by atoms with Gasteiger partial charge in [0.1, 0.15) is 67.3 Å². The molecule has 3 saturated heterocycles. The van der Waals surface area contributed by atoms with E-state index in [-0.39, 0.29) is 18.8 Å². The molecule has 5 aliphatic carbocycles. The minimum atomic E-state index is -2.10. The van der Waals surface area contributed by atoms with Crippen molar-refractivity contribution in [3.05, 3.63) is 23.3 Å². The number of aldehydes is 1. The van der Waals surface area contributed by atoms with Crippen molar-refractivity contribution in [1.82, 2.24) is 0 Å². The Kier molecular flexibility index (Phi) is 17.9. The summed E-state index contributed by atoms with van der Waals surface area (Å²) >= 11 is 0. The Morgan fingerprint density at radius 1 is 0.775 bits per heavy atom. The number of aliphatic hydroxyl groups excluding tert-OH is 10. The van der Waals surface area contributed by atoms with Gasteiger partial charge in [-0.05, 0) is 94.3 Å². The summed E-state index contributed by atoms with van der Waals surface area (Å²) in [5, 5.41) is 125. The van der Waals surface area contributed by atoms with Crippen molar-refractivity contribution in [2.45, 2.75) is 238 Å². The first-order valence-electron chi connectivity index (χ1n) is 28.4. The smallest absolute Gasteiger partial charge is 0.335 e. The summed E-state index contributed by atoms with van der Waals surface area (Å²) in [6.45, 7) is 18.6. The van der Waals surface area contributed by atoms with Crippen LogP contribution in [-0.4, -0.2) is 210 Å². The zero-order valence-corrected chi connectivity index (χ0v) is 47.7. The number of hydrogen-bond donors (Lipinski definition) is 11. The lowest BCUT2D eigenvalue weighted by Gasteiger charge is -2.73. The number of fused-ring (bicyclic) bond motifs is 7. The van der Waals surface area contributed by atoms with Crippen LogP contribution in [0.15, 0.2) is 23.3 Å². The second-order valence-corrected chi connectivity index (χ2v) is 26.1. The van der Waals surface area contributed by atoms with Gasteiger partial charge in [-0.1, -0.05) is 73.1 Å². The molecule has 0 aromatic rings. The van der Waals surface area contributed by atoms with Crippen molar-refractivity contribution >= 4 is 24.2 Å². The summed E-state index contributed by atoms with van der Waals surface area (Å²) in [5.41, 5.74) is -5.46. The van der Waals surface area contributed by atoms with Gasteiger partial charge >= 0.3 is 17.9 Å². The fraction of sp³-hybridized carbons (Fsp3) is 0.860. The van der Waals surface area contributed by atoms with Crippen molar-refractivity contribution in [2.24, 2.45) is 56.2 Å². The van der Waals surface area contributed by atoms with E-state index in [4.69, 9.17) is 37.9 Å². The summed E-state index contributed by atoms with van der Waals surface area (Å²) in [6, 6.07) is 0. The highest BCUT2D eigenvalue weighted by molar-refractivity contribution is 5.88. The van der Waals surface area contributed by atoms with Crippen LogP contribution < -0.4 is 0 Å². The van der Waals surface area contributed by atoms with E-state index < -0.39 is 198 Å². The molecule has 0 aromatic carbocycles. The van der Waals surface area contributed by atoms with Gasteiger partial charge in [0, 0.05) is 16.4 Å². The number of carbonyl (C=O) groups excluding carboxylic acids is 3. The Morgan fingerprint density at radius 3 is 2.02 bits per heavy atom. The zero-order valence-electron chi connectivity index (χ0n) is 47.7. The third-order valence-electron chi connectivity index (χ3n) is 21.5. The van der Waals surface area contributed by atoms with Crippen molar-refractivity contribution in [1.29, 1.82) is 0 Å². The maximum Gasteiger partial charge on any atom is 0.335 e. The Bertz CT molecular complexity index is 2360. The number of carboxylic acids is 1. The van der Waals surface area contributed by atoms with Gasteiger partial charge in [0.25, 0.3) is 0 Å². The summed E-state index contributed by atoms with van der Waals surface area (Å²) in [5.74, 6) is -4.85. The molecule has 23 heteroatoms. The number of aliphatic carboxylic acids is 1. The highest BCUT2D eigenvalue weighted by Crippen LogP contribution is 2.76. The predicted octanol–water partition coefficient (Wildman–Crippen LogP) is 0.549. The molecule has 0 amide bonds. The molecule has 0 aromatic heterocycles. The summed E-state index contributed by atoms with van der Waals surface area (Å²) < 4.78 is 47.5. The molecule has 80 heavy (non-hydrogen) atoms. The van der Waals surface area contributed by atoms with Crippen molar-refractivity contribution in [2.75, 3.05) is 13.2 Å². The molecule has 11 N–H and O–H groups in total. The van der Waals surface area contributed by atoms with Crippen LogP contribution in [-0.2, 0) is 57.1 Å². The number of esters is 2. The van der Waals surface area contributed by atoms with E-state index in [1.54, 1.807) is 33.8 Å². The number of aliphatic hydroxyl groups is 10. The fourth-order valence-electron chi connectivity index (χ4n) is 16.1. The van der Waals surface area contributed by atoms with Gasteiger partial charge in [0.05, 0.1) is 54.4 Å². The monoisotopic (exact) mass is 1140 g/mol. The largest absolute Gasteiger partial charge is 0.479 e. The van der Waals surface area contributed by atoms with E-state index in [1.807, 2.05) is 27.7 Å². The lowest BCUT2D eigenvalue weighted by molar-refractivity contribution is -0.370. The van der Waals surface area contributed by atoms with Gasteiger partial charge < -0.3 is 98.9 Å². The Labute approximate surface area is 466 Å². The van der Waals surface area contributed by atoms with E-state index in [2.05, 4.69) is 19.9 Å². The SMILES string of the molecule is C/C=C(/C)C(=O)O[C@H]1[C@H](OC(=O)C(C)CC)[C@]2(CO)[C@H](O)[C@H](O)[C@]3(C)C(=CC[C@@H]4[C@@]5(C)CC[C@H](O[C@@H]6O[C@H](C(=O)O)[C@@H](O)[C@H](O[C@@H]7OC[C@H](O)[C@H](O[C@@H]8O[C@@H](C)[C@H](O)[C@@H](O)[C@H]8O)[C@H]7O)[C@H]6O)[C@@](C)(C=O)[C@@H]5CC[C@]43C)[C@@H]2CC1(C)C. The molecule has 28 atom stereocenters. The molecule has 0 radical (unpaired) electrons. The average Bonchev–Trinajstić information content (AvgIpc) is 3.09. The Morgan fingerprint density at radius 2 is 1.41 bits per heavy atom. The molecule has 8 aliphatic rings. The molecule has 8 rings (SSSR count). The molecule has 4 saturated carbocycles. The predicted molar refractivity (Wildman–Crippen MR) is 276 cm³/mol. The molecular formula is C57H88O23. The highest BCUT2D eigenvalue weighted by atomic mass is 16.8. The van der Waals surface area contributed by atoms with Gasteiger partial charge in [-0.25, -0.2) is 9.59 Å². The number of allylic oxidation sites excluding steroid dienone is 2. The number of ether oxygens (including phenoxy) is 8. The Hall–Kier alpha value is -3.08. The van der Waals surface area contributed by atoms with Gasteiger partial charge in [0.15, 0.2) is 31.1 Å². The van der Waals surface area contributed by atoms with Crippen molar-refractivity contribution in [3.63, 3.8) is 0 Å². The van der Waals surface area contributed by atoms with Crippen LogP contribution in [0, 0.1) is 56.2 Å². The lowest BCUT2D eigenvalue weighted by atomic mass is 9.32. The zero-order chi connectivity index (χ0) is 59.3. The van der Waals surface area contributed by atoms with Crippen LogP contribution in [0.25, 0.3) is 0 Å². The van der Waals surface area contributed by atoms with E-state index >= 15 is 0 Å². The molecule has 23 nitrogen and oxygen atoms in total. The standard InChI is InChI=1S/C57H88O23/c1-12-24(3)47(71)79-44-45(80-48(72)25(4)13-2)57(23-59)28(20-52(44,6)7)27-14-15-31-53(8)18-17-32(54(9,22-58)30(53)16-19-55(31,10)56(27,11)42(67)43(57)68)75-51-38(66)40(36(64)41(78-51)46(69)70)77-49-37(65)39(29(60)21-73-49)76-50-35(63)34(62)33(61)26(5)74-50/h12,14,22,25-26,28-45,49-51,59-68H,13,15-21,23H2,1-11H3,(H,69,70)/b24-12-/t25?,26-,28-,29-,30+,31+,32-,33-,34+,35+,36-,37+,38+,39-,40-,41-,42-,43+,44-,45-,49-,50-,51+,53-,54-,55+,56-,57-/m0/s1. The molecule has 454 valence electrons. The second-order valence-electron chi connectivity index (χ2n) is 26.1.